The molecule has 0 fully saturated rings. The standard InChI is InChI=1S/C9H16N4/c1-9(2,3)7(13-10)8-11-5-4-6-12-8/h4-7,13H,10H2,1-3H3. The molecule has 0 aliphatic carbocycles. The summed E-state index contributed by atoms with van der Waals surface area (Å²) in [6, 6.07) is 1.77. The van der Waals surface area contributed by atoms with Gasteiger partial charge in [-0.1, -0.05) is 20.8 Å². The summed E-state index contributed by atoms with van der Waals surface area (Å²) >= 11 is 0. The fourth-order valence-electron chi connectivity index (χ4n) is 1.17. The molecule has 1 heterocycles. The molecular formula is C9H16N4. The van der Waals surface area contributed by atoms with Gasteiger partial charge in [-0.05, 0) is 11.5 Å². The van der Waals surface area contributed by atoms with E-state index in [1.54, 1.807) is 18.5 Å². The summed E-state index contributed by atoms with van der Waals surface area (Å²) in [4.78, 5) is 8.33. The molecule has 0 amide bonds. The minimum atomic E-state index is -0.0197. The van der Waals surface area contributed by atoms with Gasteiger partial charge in [0.25, 0.3) is 0 Å². The van der Waals surface area contributed by atoms with E-state index in [9.17, 15) is 0 Å². The van der Waals surface area contributed by atoms with Gasteiger partial charge in [-0.25, -0.2) is 15.4 Å². The Morgan fingerprint density at radius 2 is 1.85 bits per heavy atom. The average Bonchev–Trinajstić information content (AvgIpc) is 2.05. The summed E-state index contributed by atoms with van der Waals surface area (Å²) in [5.74, 6) is 6.19. The Kier molecular flexibility index (Phi) is 2.95. The Hall–Kier alpha value is -1.00. The molecule has 72 valence electrons. The summed E-state index contributed by atoms with van der Waals surface area (Å²) in [5.41, 5.74) is 2.74. The Morgan fingerprint density at radius 3 is 2.23 bits per heavy atom. The van der Waals surface area contributed by atoms with Crippen molar-refractivity contribution in [3.05, 3.63) is 24.3 Å². The zero-order valence-electron chi connectivity index (χ0n) is 8.28. The number of nitrogens with one attached hydrogen (secondary N) is 1. The van der Waals surface area contributed by atoms with Gasteiger partial charge in [-0.2, -0.15) is 0 Å². The van der Waals surface area contributed by atoms with Crippen LogP contribution in [0.5, 0.6) is 0 Å². The van der Waals surface area contributed by atoms with E-state index in [2.05, 4.69) is 36.2 Å². The van der Waals surface area contributed by atoms with Crippen molar-refractivity contribution >= 4 is 0 Å². The SMILES string of the molecule is CC(C)(C)C(NN)c1ncccn1. The van der Waals surface area contributed by atoms with Crippen LogP contribution in [0.15, 0.2) is 18.5 Å². The average molecular weight is 180 g/mol. The number of hydrogen-bond donors (Lipinski definition) is 2. The Morgan fingerprint density at radius 1 is 1.31 bits per heavy atom. The van der Waals surface area contributed by atoms with Crippen LogP contribution in [0.25, 0.3) is 0 Å². The van der Waals surface area contributed by atoms with E-state index in [1.807, 2.05) is 0 Å². The van der Waals surface area contributed by atoms with Crippen molar-refractivity contribution in [1.29, 1.82) is 0 Å². The quantitative estimate of drug-likeness (QED) is 0.527. The van der Waals surface area contributed by atoms with Crippen molar-refractivity contribution in [2.75, 3.05) is 0 Å². The molecule has 13 heavy (non-hydrogen) atoms. The van der Waals surface area contributed by atoms with Crippen molar-refractivity contribution in [3.63, 3.8) is 0 Å². The topological polar surface area (TPSA) is 63.8 Å². The molecule has 1 atom stereocenters. The minimum Gasteiger partial charge on any atom is -0.271 e. The molecule has 0 aliphatic heterocycles. The van der Waals surface area contributed by atoms with E-state index in [0.717, 1.165) is 5.82 Å². The lowest BCUT2D eigenvalue weighted by molar-refractivity contribution is 0.264. The molecule has 1 rings (SSSR count). The highest BCUT2D eigenvalue weighted by Crippen LogP contribution is 2.29. The van der Waals surface area contributed by atoms with Gasteiger partial charge in [0.15, 0.2) is 0 Å². The summed E-state index contributed by atoms with van der Waals surface area (Å²) in [6.45, 7) is 6.27. The molecule has 1 aromatic heterocycles. The van der Waals surface area contributed by atoms with Crippen LogP contribution < -0.4 is 11.3 Å². The number of nitrogens with zero attached hydrogens (tertiary/aromatic N) is 2. The van der Waals surface area contributed by atoms with Gasteiger partial charge in [-0.3, -0.25) is 5.84 Å². The second-order valence-corrected chi connectivity index (χ2v) is 4.07. The maximum absolute atomic E-state index is 5.46. The monoisotopic (exact) mass is 180 g/mol. The normalized spacial score (nSPS) is 14.2. The van der Waals surface area contributed by atoms with Crippen LogP contribution in [0.2, 0.25) is 0 Å². The number of nitrogens with two attached hydrogens (primary N) is 1. The lowest BCUT2D eigenvalue weighted by atomic mass is 9.86. The van der Waals surface area contributed by atoms with E-state index in [4.69, 9.17) is 5.84 Å². The van der Waals surface area contributed by atoms with Gasteiger partial charge in [0.05, 0.1) is 6.04 Å². The first kappa shape index (κ1) is 10.1. The zero-order chi connectivity index (χ0) is 9.90. The van der Waals surface area contributed by atoms with Crippen molar-refractivity contribution in [1.82, 2.24) is 15.4 Å². The largest absolute Gasteiger partial charge is 0.271 e. The lowest BCUT2D eigenvalue weighted by Gasteiger charge is -2.28. The van der Waals surface area contributed by atoms with Crippen molar-refractivity contribution in [2.45, 2.75) is 26.8 Å². The van der Waals surface area contributed by atoms with Gasteiger partial charge in [0.1, 0.15) is 5.82 Å². The highest BCUT2D eigenvalue weighted by molar-refractivity contribution is 4.99. The van der Waals surface area contributed by atoms with E-state index < -0.39 is 0 Å². The second kappa shape index (κ2) is 3.81. The van der Waals surface area contributed by atoms with E-state index in [-0.39, 0.29) is 11.5 Å². The summed E-state index contributed by atoms with van der Waals surface area (Å²) in [7, 11) is 0. The third-order valence-corrected chi connectivity index (χ3v) is 1.88. The van der Waals surface area contributed by atoms with Crippen molar-refractivity contribution in [3.8, 4) is 0 Å². The predicted molar refractivity (Wildman–Crippen MR) is 51.6 cm³/mol. The molecular weight excluding hydrogens is 164 g/mol. The van der Waals surface area contributed by atoms with Crippen LogP contribution in [-0.2, 0) is 0 Å². The van der Waals surface area contributed by atoms with Crippen LogP contribution in [0.1, 0.15) is 32.6 Å². The molecule has 0 aliphatic rings. The van der Waals surface area contributed by atoms with Gasteiger partial charge in [0.2, 0.25) is 0 Å². The molecule has 0 aromatic carbocycles. The zero-order valence-corrected chi connectivity index (χ0v) is 8.28. The first-order chi connectivity index (χ1) is 6.05. The first-order valence-corrected chi connectivity index (χ1v) is 4.28. The van der Waals surface area contributed by atoms with Crippen LogP contribution in [-0.4, -0.2) is 9.97 Å². The van der Waals surface area contributed by atoms with E-state index in [1.165, 1.54) is 0 Å². The molecule has 0 radical (unpaired) electrons. The predicted octanol–water partition coefficient (Wildman–Crippen LogP) is 1.03. The number of aromatic nitrogens is 2. The molecule has 0 saturated heterocycles. The van der Waals surface area contributed by atoms with E-state index >= 15 is 0 Å². The van der Waals surface area contributed by atoms with Crippen LogP contribution >= 0.6 is 0 Å². The van der Waals surface area contributed by atoms with E-state index in [0.29, 0.717) is 0 Å². The molecule has 0 spiro atoms. The van der Waals surface area contributed by atoms with Gasteiger partial charge in [-0.15, -0.1) is 0 Å². The number of rotatable bonds is 2. The Balaban J connectivity index is 2.92. The molecule has 0 bridgehead atoms. The molecule has 0 saturated carbocycles. The Bertz CT molecular complexity index is 252. The molecule has 1 aromatic rings. The fourth-order valence-corrected chi connectivity index (χ4v) is 1.17. The van der Waals surface area contributed by atoms with Gasteiger partial charge in [0, 0.05) is 12.4 Å². The smallest absolute Gasteiger partial charge is 0.146 e. The van der Waals surface area contributed by atoms with Crippen LogP contribution in [0, 0.1) is 5.41 Å². The lowest BCUT2D eigenvalue weighted by Crippen LogP contribution is -2.37. The maximum Gasteiger partial charge on any atom is 0.146 e. The highest BCUT2D eigenvalue weighted by Gasteiger charge is 2.26. The Labute approximate surface area is 78.6 Å². The van der Waals surface area contributed by atoms with Gasteiger partial charge >= 0.3 is 0 Å². The molecule has 4 heteroatoms. The second-order valence-electron chi connectivity index (χ2n) is 4.07. The van der Waals surface area contributed by atoms with Crippen molar-refractivity contribution < 1.29 is 0 Å². The minimum absolute atomic E-state index is 0.0100. The molecule has 4 nitrogen and oxygen atoms in total. The summed E-state index contributed by atoms with van der Waals surface area (Å²) < 4.78 is 0. The van der Waals surface area contributed by atoms with Gasteiger partial charge < -0.3 is 0 Å². The molecule has 3 N–H and O–H groups in total. The first-order valence-electron chi connectivity index (χ1n) is 4.28. The van der Waals surface area contributed by atoms with Crippen LogP contribution in [0.4, 0.5) is 0 Å². The highest BCUT2D eigenvalue weighted by atomic mass is 15.3. The van der Waals surface area contributed by atoms with Crippen molar-refractivity contribution in [2.24, 2.45) is 11.3 Å². The maximum atomic E-state index is 5.46. The summed E-state index contributed by atoms with van der Waals surface area (Å²) in [6.07, 6.45) is 3.44. The number of hydrazine groups is 1. The number of hydrogen-bond acceptors (Lipinski definition) is 4. The third-order valence-electron chi connectivity index (χ3n) is 1.88. The van der Waals surface area contributed by atoms with Crippen LogP contribution in [0.3, 0.4) is 0 Å². The third kappa shape index (κ3) is 2.47. The molecule has 1 unspecified atom stereocenters. The summed E-state index contributed by atoms with van der Waals surface area (Å²) in [5, 5.41) is 0. The fraction of sp³-hybridized carbons (Fsp3) is 0.556.